The van der Waals surface area contributed by atoms with Crippen LogP contribution in [0, 0.1) is 0 Å². The van der Waals surface area contributed by atoms with E-state index in [1.807, 2.05) is 6.08 Å². The molecule has 0 aliphatic carbocycles. The van der Waals surface area contributed by atoms with Crippen molar-refractivity contribution in [3.05, 3.63) is 12.2 Å². The highest BCUT2D eigenvalue weighted by atomic mass is 16.4. The lowest BCUT2D eigenvalue weighted by Crippen LogP contribution is -1.94. The van der Waals surface area contributed by atoms with Crippen molar-refractivity contribution >= 4 is 11.8 Å². The molecule has 0 rings (SSSR count). The topological polar surface area (TPSA) is 54.4 Å². The standard InChI is InChI=1S/C18H32O3/c1-2-3-4-5-6-8-11-14-17(19)15-12-9-7-10-13-16-18(20)21/h11,14H,2-10,12-13,15-16H2,1H3,(H,20,21)/b14-11+. The summed E-state index contributed by atoms with van der Waals surface area (Å²) >= 11 is 0. The van der Waals surface area contributed by atoms with Crippen LogP contribution in [0.5, 0.6) is 0 Å². The number of carbonyl (C=O) groups excluding carboxylic acids is 1. The zero-order valence-electron chi connectivity index (χ0n) is 13.6. The summed E-state index contributed by atoms with van der Waals surface area (Å²) in [5.74, 6) is -0.487. The van der Waals surface area contributed by atoms with E-state index >= 15 is 0 Å². The molecule has 3 nitrogen and oxygen atoms in total. The number of unbranched alkanes of at least 4 members (excludes halogenated alkanes) is 9. The summed E-state index contributed by atoms with van der Waals surface area (Å²) < 4.78 is 0. The summed E-state index contributed by atoms with van der Waals surface area (Å²) in [4.78, 5) is 21.9. The van der Waals surface area contributed by atoms with Gasteiger partial charge in [0.2, 0.25) is 0 Å². The van der Waals surface area contributed by atoms with Gasteiger partial charge < -0.3 is 5.11 Å². The third-order valence-electron chi connectivity index (χ3n) is 3.59. The number of carboxylic acid groups (broad SMARTS) is 1. The number of allylic oxidation sites excluding steroid dienone is 2. The van der Waals surface area contributed by atoms with Crippen molar-refractivity contribution in [2.24, 2.45) is 0 Å². The van der Waals surface area contributed by atoms with E-state index in [0.29, 0.717) is 6.42 Å². The lowest BCUT2D eigenvalue weighted by molar-refractivity contribution is -0.137. The van der Waals surface area contributed by atoms with Crippen LogP contribution in [0.3, 0.4) is 0 Å². The Kier molecular flexibility index (Phi) is 14.5. The van der Waals surface area contributed by atoms with Crippen LogP contribution in [0.1, 0.15) is 90.4 Å². The van der Waals surface area contributed by atoms with Gasteiger partial charge in [0.05, 0.1) is 0 Å². The maximum absolute atomic E-state index is 11.6. The molecule has 0 aliphatic heterocycles. The second kappa shape index (κ2) is 15.3. The second-order valence-corrected chi connectivity index (χ2v) is 5.73. The molecule has 0 aliphatic rings. The van der Waals surface area contributed by atoms with Gasteiger partial charge in [-0.3, -0.25) is 9.59 Å². The molecule has 0 saturated carbocycles. The fourth-order valence-corrected chi connectivity index (χ4v) is 2.27. The van der Waals surface area contributed by atoms with Gasteiger partial charge in [-0.1, -0.05) is 57.9 Å². The highest BCUT2D eigenvalue weighted by molar-refractivity contribution is 5.89. The predicted molar refractivity (Wildman–Crippen MR) is 87.5 cm³/mol. The van der Waals surface area contributed by atoms with Crippen molar-refractivity contribution in [2.75, 3.05) is 0 Å². The molecule has 0 heterocycles. The van der Waals surface area contributed by atoms with Gasteiger partial charge in [0.1, 0.15) is 0 Å². The molecule has 3 heteroatoms. The van der Waals surface area contributed by atoms with Crippen LogP contribution < -0.4 is 0 Å². The lowest BCUT2D eigenvalue weighted by atomic mass is 10.1. The molecule has 0 bridgehead atoms. The van der Waals surface area contributed by atoms with Crippen LogP contribution in [0.15, 0.2) is 12.2 Å². The Morgan fingerprint density at radius 1 is 0.810 bits per heavy atom. The molecule has 0 aromatic rings. The normalized spacial score (nSPS) is 11.1. The lowest BCUT2D eigenvalue weighted by Gasteiger charge is -1.99. The Morgan fingerprint density at radius 2 is 1.38 bits per heavy atom. The molecule has 0 spiro atoms. The molecule has 0 radical (unpaired) electrons. The molecule has 0 aromatic heterocycles. The van der Waals surface area contributed by atoms with Gasteiger partial charge in [-0.2, -0.15) is 0 Å². The Balaban J connectivity index is 3.31. The number of hydrogen-bond donors (Lipinski definition) is 1. The van der Waals surface area contributed by atoms with Gasteiger partial charge in [0, 0.05) is 12.8 Å². The summed E-state index contributed by atoms with van der Waals surface area (Å²) in [6.07, 6.45) is 16.7. The third kappa shape index (κ3) is 16.8. The number of carboxylic acids is 1. The van der Waals surface area contributed by atoms with Crippen molar-refractivity contribution in [3.63, 3.8) is 0 Å². The van der Waals surface area contributed by atoms with E-state index in [2.05, 4.69) is 6.92 Å². The molecule has 122 valence electrons. The minimum atomic E-state index is -0.718. The highest BCUT2D eigenvalue weighted by Crippen LogP contribution is 2.08. The van der Waals surface area contributed by atoms with Gasteiger partial charge in [-0.25, -0.2) is 0 Å². The summed E-state index contributed by atoms with van der Waals surface area (Å²) in [6, 6.07) is 0. The fourth-order valence-electron chi connectivity index (χ4n) is 2.27. The van der Waals surface area contributed by atoms with E-state index in [-0.39, 0.29) is 12.2 Å². The minimum Gasteiger partial charge on any atom is -0.481 e. The van der Waals surface area contributed by atoms with Crippen LogP contribution in [0.25, 0.3) is 0 Å². The molecule has 0 amide bonds. The van der Waals surface area contributed by atoms with Crippen molar-refractivity contribution in [1.82, 2.24) is 0 Å². The van der Waals surface area contributed by atoms with Crippen LogP contribution >= 0.6 is 0 Å². The monoisotopic (exact) mass is 296 g/mol. The average Bonchev–Trinajstić information content (AvgIpc) is 2.45. The molecule has 0 saturated heterocycles. The van der Waals surface area contributed by atoms with Crippen molar-refractivity contribution in [3.8, 4) is 0 Å². The van der Waals surface area contributed by atoms with E-state index in [1.165, 1.54) is 32.1 Å². The zero-order valence-corrected chi connectivity index (χ0v) is 13.6. The Labute approximate surface area is 129 Å². The molecule has 0 fully saturated rings. The van der Waals surface area contributed by atoms with Gasteiger partial charge >= 0.3 is 5.97 Å². The van der Waals surface area contributed by atoms with Crippen molar-refractivity contribution in [1.29, 1.82) is 0 Å². The maximum Gasteiger partial charge on any atom is 0.303 e. The average molecular weight is 296 g/mol. The van der Waals surface area contributed by atoms with Crippen LogP contribution in [-0.2, 0) is 9.59 Å². The molecule has 1 N–H and O–H groups in total. The van der Waals surface area contributed by atoms with E-state index in [0.717, 1.165) is 38.5 Å². The summed E-state index contributed by atoms with van der Waals surface area (Å²) in [5, 5.41) is 8.50. The van der Waals surface area contributed by atoms with Crippen molar-refractivity contribution < 1.29 is 14.7 Å². The van der Waals surface area contributed by atoms with E-state index in [9.17, 15) is 9.59 Å². The summed E-state index contributed by atoms with van der Waals surface area (Å²) in [5.41, 5.74) is 0. The van der Waals surface area contributed by atoms with Crippen LogP contribution in [-0.4, -0.2) is 16.9 Å². The van der Waals surface area contributed by atoms with Crippen molar-refractivity contribution in [2.45, 2.75) is 90.4 Å². The Hall–Kier alpha value is -1.12. The molecule has 0 atom stereocenters. The van der Waals surface area contributed by atoms with Gasteiger partial charge in [-0.05, 0) is 31.8 Å². The Morgan fingerprint density at radius 3 is 2.05 bits per heavy atom. The first kappa shape index (κ1) is 19.9. The van der Waals surface area contributed by atoms with Crippen LogP contribution in [0.2, 0.25) is 0 Å². The largest absolute Gasteiger partial charge is 0.481 e. The number of rotatable bonds is 15. The second-order valence-electron chi connectivity index (χ2n) is 5.73. The molecule has 0 unspecified atom stereocenters. The first-order valence-corrected chi connectivity index (χ1v) is 8.58. The van der Waals surface area contributed by atoms with E-state index in [1.54, 1.807) is 6.08 Å². The smallest absolute Gasteiger partial charge is 0.303 e. The van der Waals surface area contributed by atoms with Gasteiger partial charge in [0.15, 0.2) is 5.78 Å². The van der Waals surface area contributed by atoms with Crippen LogP contribution in [0.4, 0.5) is 0 Å². The van der Waals surface area contributed by atoms with Gasteiger partial charge in [0.25, 0.3) is 0 Å². The first-order valence-electron chi connectivity index (χ1n) is 8.58. The number of ketones is 1. The summed E-state index contributed by atoms with van der Waals surface area (Å²) in [7, 11) is 0. The number of aliphatic carboxylic acids is 1. The number of carbonyl (C=O) groups is 2. The quantitative estimate of drug-likeness (QED) is 0.330. The molecule has 21 heavy (non-hydrogen) atoms. The molecular formula is C18H32O3. The number of hydrogen-bond acceptors (Lipinski definition) is 2. The first-order chi connectivity index (χ1) is 10.2. The molecule has 0 aromatic carbocycles. The zero-order chi connectivity index (χ0) is 15.8. The van der Waals surface area contributed by atoms with E-state index < -0.39 is 5.97 Å². The molecular weight excluding hydrogens is 264 g/mol. The van der Waals surface area contributed by atoms with Gasteiger partial charge in [-0.15, -0.1) is 0 Å². The Bertz CT molecular complexity index is 295. The maximum atomic E-state index is 11.6. The third-order valence-corrected chi connectivity index (χ3v) is 3.59. The highest BCUT2D eigenvalue weighted by Gasteiger charge is 1.99. The van der Waals surface area contributed by atoms with E-state index in [4.69, 9.17) is 5.11 Å². The predicted octanol–water partition coefficient (Wildman–Crippen LogP) is 5.29. The fraction of sp³-hybridized carbons (Fsp3) is 0.778. The summed E-state index contributed by atoms with van der Waals surface area (Å²) in [6.45, 7) is 2.21. The SMILES string of the molecule is CCCCCCC/C=C/C(=O)CCCCCCCC(=O)O. The minimum absolute atomic E-state index is 0.231.